The molecule has 0 saturated carbocycles. The van der Waals surface area contributed by atoms with E-state index in [2.05, 4.69) is 5.32 Å². The Hall–Kier alpha value is -2.54. The average molecular weight is 362 g/mol. The van der Waals surface area contributed by atoms with Gasteiger partial charge in [0.05, 0.1) is 19.1 Å². The Morgan fingerprint density at radius 1 is 1.12 bits per heavy atom. The van der Waals surface area contributed by atoms with Crippen LogP contribution in [0.25, 0.3) is 0 Å². The molecule has 0 radical (unpaired) electrons. The average Bonchev–Trinajstić information content (AvgIpc) is 2.58. The maximum atomic E-state index is 12.2. The second-order valence-electron chi connectivity index (χ2n) is 5.67. The summed E-state index contributed by atoms with van der Waals surface area (Å²) in [6.45, 7) is 2.03. The van der Waals surface area contributed by atoms with Crippen LogP contribution in [0.1, 0.15) is 11.1 Å². The van der Waals surface area contributed by atoms with Crippen LogP contribution in [-0.4, -0.2) is 34.2 Å². The van der Waals surface area contributed by atoms with Crippen molar-refractivity contribution in [1.82, 2.24) is 5.32 Å². The van der Waals surface area contributed by atoms with E-state index in [4.69, 9.17) is 4.74 Å². The van der Waals surface area contributed by atoms with Crippen molar-refractivity contribution in [3.05, 3.63) is 59.7 Å². The second-order valence-corrected chi connectivity index (χ2v) is 7.58. The number of benzene rings is 2. The maximum Gasteiger partial charge on any atom is 0.241 e. The highest BCUT2D eigenvalue weighted by molar-refractivity contribution is 7.92. The predicted molar refractivity (Wildman–Crippen MR) is 98.2 cm³/mol. The third-order valence-electron chi connectivity index (χ3n) is 3.79. The summed E-state index contributed by atoms with van der Waals surface area (Å²) in [5.41, 5.74) is 2.47. The zero-order valence-electron chi connectivity index (χ0n) is 14.5. The minimum absolute atomic E-state index is 0.281. The Bertz CT molecular complexity index is 832. The van der Waals surface area contributed by atoms with Gasteiger partial charge in [0.25, 0.3) is 0 Å². The zero-order chi connectivity index (χ0) is 18.4. The smallest absolute Gasteiger partial charge is 0.241 e. The van der Waals surface area contributed by atoms with E-state index in [0.717, 1.165) is 21.7 Å². The Morgan fingerprint density at radius 3 is 2.32 bits per heavy atom. The largest absolute Gasteiger partial charge is 0.497 e. The molecule has 0 saturated heterocycles. The lowest BCUT2D eigenvalue weighted by Gasteiger charge is -2.22. The van der Waals surface area contributed by atoms with Crippen LogP contribution in [0.2, 0.25) is 0 Å². The summed E-state index contributed by atoms with van der Waals surface area (Å²) < 4.78 is 30.3. The van der Waals surface area contributed by atoms with Crippen molar-refractivity contribution in [1.29, 1.82) is 0 Å². The molecule has 0 fully saturated rings. The molecule has 0 spiro atoms. The molecular weight excluding hydrogens is 340 g/mol. The molecule has 0 bridgehead atoms. The van der Waals surface area contributed by atoms with E-state index >= 15 is 0 Å². The SMILES string of the molecule is COc1ccc(N(CC(=O)NCc2ccccc2C)S(C)(=O)=O)cc1. The van der Waals surface area contributed by atoms with E-state index < -0.39 is 10.0 Å². The van der Waals surface area contributed by atoms with Gasteiger partial charge in [0, 0.05) is 6.54 Å². The van der Waals surface area contributed by atoms with E-state index in [1.54, 1.807) is 24.3 Å². The van der Waals surface area contributed by atoms with Crippen molar-refractivity contribution in [2.75, 3.05) is 24.2 Å². The van der Waals surface area contributed by atoms with Crippen molar-refractivity contribution >= 4 is 21.6 Å². The molecule has 1 amide bonds. The summed E-state index contributed by atoms with van der Waals surface area (Å²) in [5, 5.41) is 2.76. The first kappa shape index (κ1) is 18.8. The minimum atomic E-state index is -3.59. The number of amides is 1. The molecular formula is C18H22N2O4S. The van der Waals surface area contributed by atoms with E-state index in [1.165, 1.54) is 7.11 Å². The predicted octanol–water partition coefficient (Wildman–Crippen LogP) is 2.09. The number of anilines is 1. The van der Waals surface area contributed by atoms with Gasteiger partial charge in [0.2, 0.25) is 15.9 Å². The standard InChI is InChI=1S/C18H22N2O4S/c1-14-6-4-5-7-15(14)12-19-18(21)13-20(25(3,22)23)16-8-10-17(24-2)11-9-16/h4-11H,12-13H2,1-3H3,(H,19,21). The van der Waals surface area contributed by atoms with Crippen LogP contribution in [0.3, 0.4) is 0 Å². The van der Waals surface area contributed by atoms with E-state index in [9.17, 15) is 13.2 Å². The van der Waals surface area contributed by atoms with Crippen molar-refractivity contribution in [3.63, 3.8) is 0 Å². The number of carbonyl (C=O) groups excluding carboxylic acids is 1. The van der Waals surface area contributed by atoms with Crippen molar-refractivity contribution < 1.29 is 17.9 Å². The Morgan fingerprint density at radius 2 is 1.76 bits per heavy atom. The fourth-order valence-electron chi connectivity index (χ4n) is 2.34. The molecule has 0 atom stereocenters. The fraction of sp³-hybridized carbons (Fsp3) is 0.278. The van der Waals surface area contributed by atoms with Crippen LogP contribution >= 0.6 is 0 Å². The second kappa shape index (κ2) is 8.02. The quantitative estimate of drug-likeness (QED) is 0.818. The van der Waals surface area contributed by atoms with Gasteiger partial charge in [0.15, 0.2) is 0 Å². The van der Waals surface area contributed by atoms with Crippen molar-refractivity contribution in [3.8, 4) is 5.75 Å². The number of hydrogen-bond acceptors (Lipinski definition) is 4. The summed E-state index contributed by atoms with van der Waals surface area (Å²) in [7, 11) is -2.06. The molecule has 0 aromatic heterocycles. The number of carbonyl (C=O) groups is 1. The van der Waals surface area contributed by atoms with Crippen LogP contribution in [0.15, 0.2) is 48.5 Å². The molecule has 2 rings (SSSR count). The summed E-state index contributed by atoms with van der Waals surface area (Å²) >= 11 is 0. The van der Waals surface area contributed by atoms with E-state index in [-0.39, 0.29) is 12.5 Å². The van der Waals surface area contributed by atoms with Gasteiger partial charge in [-0.25, -0.2) is 8.42 Å². The van der Waals surface area contributed by atoms with Gasteiger partial charge in [-0.2, -0.15) is 0 Å². The van der Waals surface area contributed by atoms with Crippen molar-refractivity contribution in [2.24, 2.45) is 0 Å². The molecule has 0 aliphatic carbocycles. The normalized spacial score (nSPS) is 11.0. The van der Waals surface area contributed by atoms with E-state index in [0.29, 0.717) is 18.0 Å². The van der Waals surface area contributed by atoms with Gasteiger partial charge in [0.1, 0.15) is 12.3 Å². The van der Waals surface area contributed by atoms with E-state index in [1.807, 2.05) is 31.2 Å². The highest BCUT2D eigenvalue weighted by Gasteiger charge is 2.20. The summed E-state index contributed by atoms with van der Waals surface area (Å²) in [6.07, 6.45) is 1.08. The first-order valence-corrected chi connectivity index (χ1v) is 9.59. The number of ether oxygens (including phenoxy) is 1. The third kappa shape index (κ3) is 5.22. The summed E-state index contributed by atoms with van der Waals surface area (Å²) in [5.74, 6) is 0.241. The highest BCUT2D eigenvalue weighted by atomic mass is 32.2. The Balaban J connectivity index is 2.09. The number of nitrogens with zero attached hydrogens (tertiary/aromatic N) is 1. The first-order valence-electron chi connectivity index (χ1n) is 7.74. The molecule has 25 heavy (non-hydrogen) atoms. The monoisotopic (exact) mass is 362 g/mol. The van der Waals surface area contributed by atoms with Crippen LogP contribution in [0.4, 0.5) is 5.69 Å². The first-order chi connectivity index (χ1) is 11.8. The highest BCUT2D eigenvalue weighted by Crippen LogP contribution is 2.21. The molecule has 1 N–H and O–H groups in total. The van der Waals surface area contributed by atoms with Crippen LogP contribution in [0, 0.1) is 6.92 Å². The molecule has 0 heterocycles. The number of rotatable bonds is 7. The number of methoxy groups -OCH3 is 1. The van der Waals surface area contributed by atoms with Crippen LogP contribution in [0.5, 0.6) is 5.75 Å². The molecule has 0 unspecified atom stereocenters. The third-order valence-corrected chi connectivity index (χ3v) is 4.93. The molecule has 134 valence electrons. The summed E-state index contributed by atoms with van der Waals surface area (Å²) in [4.78, 5) is 12.2. The maximum absolute atomic E-state index is 12.2. The Kier molecular flexibility index (Phi) is 6.03. The van der Waals surface area contributed by atoms with Gasteiger partial charge < -0.3 is 10.1 Å². The zero-order valence-corrected chi connectivity index (χ0v) is 15.3. The summed E-state index contributed by atoms with van der Waals surface area (Å²) in [6, 6.07) is 14.2. The van der Waals surface area contributed by atoms with Gasteiger partial charge in [-0.05, 0) is 42.3 Å². The van der Waals surface area contributed by atoms with Gasteiger partial charge in [-0.1, -0.05) is 24.3 Å². The number of sulfonamides is 1. The Labute approximate surface area is 148 Å². The molecule has 2 aromatic rings. The number of nitrogens with one attached hydrogen (secondary N) is 1. The van der Waals surface area contributed by atoms with Gasteiger partial charge >= 0.3 is 0 Å². The molecule has 7 heteroatoms. The van der Waals surface area contributed by atoms with Gasteiger partial charge in [-0.15, -0.1) is 0 Å². The lowest BCUT2D eigenvalue weighted by Crippen LogP contribution is -2.40. The molecule has 2 aromatic carbocycles. The van der Waals surface area contributed by atoms with Crippen LogP contribution < -0.4 is 14.4 Å². The van der Waals surface area contributed by atoms with Crippen molar-refractivity contribution in [2.45, 2.75) is 13.5 Å². The lowest BCUT2D eigenvalue weighted by atomic mass is 10.1. The topological polar surface area (TPSA) is 75.7 Å². The molecule has 6 nitrogen and oxygen atoms in total. The number of aryl methyl sites for hydroxylation is 1. The minimum Gasteiger partial charge on any atom is -0.497 e. The van der Waals surface area contributed by atoms with Gasteiger partial charge in [-0.3, -0.25) is 9.10 Å². The molecule has 0 aliphatic rings. The molecule has 0 aliphatic heterocycles. The number of hydrogen-bond donors (Lipinski definition) is 1. The fourth-order valence-corrected chi connectivity index (χ4v) is 3.19. The van der Waals surface area contributed by atoms with Crippen LogP contribution in [-0.2, 0) is 21.4 Å². The lowest BCUT2D eigenvalue weighted by molar-refractivity contribution is -0.119.